The molecule has 0 aromatic heterocycles. The summed E-state index contributed by atoms with van der Waals surface area (Å²) >= 11 is 0. The van der Waals surface area contributed by atoms with Gasteiger partial charge in [-0.3, -0.25) is 0 Å². The molecule has 0 aliphatic heterocycles. The van der Waals surface area contributed by atoms with E-state index in [9.17, 15) is 4.39 Å². The molecule has 108 valence electrons. The third kappa shape index (κ3) is 5.56. The molecule has 1 heteroatoms. The van der Waals surface area contributed by atoms with Crippen molar-refractivity contribution in [3.8, 4) is 0 Å². The molecular formula is C19H25F. The second-order valence-corrected chi connectivity index (χ2v) is 6.14. The highest BCUT2D eigenvalue weighted by Crippen LogP contribution is 2.21. The first-order chi connectivity index (χ1) is 9.19. The van der Waals surface area contributed by atoms with Crippen LogP contribution in [0.3, 0.4) is 0 Å². The molecule has 0 heterocycles. The van der Waals surface area contributed by atoms with Gasteiger partial charge in [-0.1, -0.05) is 54.1 Å². The third-order valence-corrected chi connectivity index (χ3v) is 3.25. The van der Waals surface area contributed by atoms with Crippen molar-refractivity contribution in [2.75, 3.05) is 0 Å². The molecular weight excluding hydrogens is 247 g/mol. The Morgan fingerprint density at radius 2 is 1.85 bits per heavy atom. The third-order valence-electron chi connectivity index (χ3n) is 3.25. The van der Waals surface area contributed by atoms with Crippen LogP contribution in [-0.2, 0) is 6.42 Å². The van der Waals surface area contributed by atoms with E-state index in [-0.39, 0.29) is 0 Å². The fourth-order valence-electron chi connectivity index (χ4n) is 1.85. The molecule has 0 nitrogen and oxygen atoms in total. The Labute approximate surface area is 122 Å². The summed E-state index contributed by atoms with van der Waals surface area (Å²) in [4.78, 5) is 0. The predicted molar refractivity (Wildman–Crippen MR) is 87.6 cm³/mol. The number of rotatable bonds is 5. The molecule has 20 heavy (non-hydrogen) atoms. The predicted octanol–water partition coefficient (Wildman–Crippen LogP) is 5.90. The average Bonchev–Trinajstić information content (AvgIpc) is 2.33. The van der Waals surface area contributed by atoms with E-state index in [1.54, 1.807) is 13.8 Å². The molecule has 1 rings (SSSR count). The van der Waals surface area contributed by atoms with E-state index in [1.807, 2.05) is 30.3 Å². The van der Waals surface area contributed by atoms with Gasteiger partial charge in [-0.05, 0) is 51.3 Å². The van der Waals surface area contributed by atoms with Gasteiger partial charge in [0.2, 0.25) is 0 Å². The highest BCUT2D eigenvalue weighted by molar-refractivity contribution is 5.72. The fraction of sp³-hybridized carbons (Fsp3) is 0.368. The lowest BCUT2D eigenvalue weighted by Gasteiger charge is -2.14. The number of benzene rings is 1. The Kier molecular flexibility index (Phi) is 5.50. The molecule has 0 amide bonds. The summed E-state index contributed by atoms with van der Waals surface area (Å²) in [5, 5.41) is 0. The zero-order valence-electron chi connectivity index (χ0n) is 13.3. The van der Waals surface area contributed by atoms with Gasteiger partial charge in [-0.2, -0.15) is 0 Å². The van der Waals surface area contributed by atoms with E-state index in [0.29, 0.717) is 6.42 Å². The first-order valence-electron chi connectivity index (χ1n) is 6.98. The second kappa shape index (κ2) is 6.69. The summed E-state index contributed by atoms with van der Waals surface area (Å²) in [6.45, 7) is 13.6. The van der Waals surface area contributed by atoms with Crippen LogP contribution >= 0.6 is 0 Å². The number of hydrogen-bond donors (Lipinski definition) is 0. The zero-order valence-corrected chi connectivity index (χ0v) is 13.3. The van der Waals surface area contributed by atoms with Crippen LogP contribution in [0.2, 0.25) is 0 Å². The summed E-state index contributed by atoms with van der Waals surface area (Å²) in [5.74, 6) is 0. The molecule has 0 saturated heterocycles. The van der Waals surface area contributed by atoms with Gasteiger partial charge in [0.05, 0.1) is 0 Å². The van der Waals surface area contributed by atoms with Crippen molar-refractivity contribution in [3.63, 3.8) is 0 Å². The standard InChI is InChI=1S/C19H25F/c1-14(2)15(3)10-11-16(4)18-9-7-8-17(12-18)13-19(5,6)20/h7-12H,4,13H2,1-3,5-6H3/b11-10-. The van der Waals surface area contributed by atoms with E-state index < -0.39 is 5.67 Å². The van der Waals surface area contributed by atoms with Crippen LogP contribution in [0.5, 0.6) is 0 Å². The average molecular weight is 272 g/mol. The summed E-state index contributed by atoms with van der Waals surface area (Å²) in [6.07, 6.45) is 4.51. The van der Waals surface area contributed by atoms with Crippen molar-refractivity contribution < 1.29 is 4.39 Å². The van der Waals surface area contributed by atoms with Crippen molar-refractivity contribution in [2.24, 2.45) is 0 Å². The van der Waals surface area contributed by atoms with Crippen LogP contribution in [0.25, 0.3) is 5.57 Å². The van der Waals surface area contributed by atoms with Crippen molar-refractivity contribution in [1.82, 2.24) is 0 Å². The molecule has 0 atom stereocenters. The van der Waals surface area contributed by atoms with Gasteiger partial charge in [-0.25, -0.2) is 4.39 Å². The number of alkyl halides is 1. The van der Waals surface area contributed by atoms with Crippen molar-refractivity contribution in [3.05, 3.63) is 65.3 Å². The Morgan fingerprint density at radius 1 is 1.20 bits per heavy atom. The normalized spacial score (nSPS) is 11.7. The molecule has 0 saturated carbocycles. The van der Waals surface area contributed by atoms with Crippen LogP contribution in [0, 0.1) is 0 Å². The Morgan fingerprint density at radius 3 is 2.40 bits per heavy atom. The molecule has 0 radical (unpaired) electrons. The van der Waals surface area contributed by atoms with E-state index in [2.05, 4.69) is 33.4 Å². The summed E-state index contributed by atoms with van der Waals surface area (Å²) in [7, 11) is 0. The molecule has 0 aliphatic rings. The van der Waals surface area contributed by atoms with E-state index >= 15 is 0 Å². The monoisotopic (exact) mass is 272 g/mol. The minimum atomic E-state index is -1.19. The SMILES string of the molecule is C=C(/C=C\C(C)=C(C)C)c1cccc(CC(C)(C)F)c1. The van der Waals surface area contributed by atoms with Crippen LogP contribution < -0.4 is 0 Å². The van der Waals surface area contributed by atoms with Gasteiger partial charge in [0.25, 0.3) is 0 Å². The molecule has 0 N–H and O–H groups in total. The highest BCUT2D eigenvalue weighted by atomic mass is 19.1. The molecule has 0 unspecified atom stereocenters. The van der Waals surface area contributed by atoms with Crippen LogP contribution in [0.1, 0.15) is 45.7 Å². The molecule has 1 aromatic carbocycles. The number of allylic oxidation sites excluding steroid dienone is 5. The maximum Gasteiger partial charge on any atom is 0.109 e. The largest absolute Gasteiger partial charge is 0.244 e. The van der Waals surface area contributed by atoms with Crippen molar-refractivity contribution in [1.29, 1.82) is 0 Å². The van der Waals surface area contributed by atoms with E-state index in [1.165, 1.54) is 11.1 Å². The summed E-state index contributed by atoms with van der Waals surface area (Å²) < 4.78 is 13.7. The van der Waals surface area contributed by atoms with Gasteiger partial charge in [0.15, 0.2) is 0 Å². The maximum atomic E-state index is 13.7. The van der Waals surface area contributed by atoms with Gasteiger partial charge in [0.1, 0.15) is 5.67 Å². The van der Waals surface area contributed by atoms with Crippen LogP contribution in [0.4, 0.5) is 4.39 Å². The molecule has 0 fully saturated rings. The quantitative estimate of drug-likeness (QED) is 0.585. The molecule has 1 aromatic rings. The minimum absolute atomic E-state index is 0.421. The lowest BCUT2D eigenvalue weighted by molar-refractivity contribution is 0.217. The first kappa shape index (κ1) is 16.4. The fourth-order valence-corrected chi connectivity index (χ4v) is 1.85. The second-order valence-electron chi connectivity index (χ2n) is 6.14. The number of halogens is 1. The lowest BCUT2D eigenvalue weighted by Crippen LogP contribution is -2.15. The Balaban J connectivity index is 2.90. The van der Waals surface area contributed by atoms with E-state index in [4.69, 9.17) is 0 Å². The lowest BCUT2D eigenvalue weighted by atomic mass is 9.96. The molecule has 0 aliphatic carbocycles. The molecule has 0 bridgehead atoms. The topological polar surface area (TPSA) is 0 Å². The van der Waals surface area contributed by atoms with Crippen LogP contribution in [-0.4, -0.2) is 5.67 Å². The first-order valence-corrected chi connectivity index (χ1v) is 6.98. The van der Waals surface area contributed by atoms with Gasteiger partial charge in [0, 0.05) is 6.42 Å². The number of hydrogen-bond acceptors (Lipinski definition) is 0. The minimum Gasteiger partial charge on any atom is -0.244 e. The van der Waals surface area contributed by atoms with Gasteiger partial charge in [-0.15, -0.1) is 0 Å². The molecule has 0 spiro atoms. The van der Waals surface area contributed by atoms with Crippen molar-refractivity contribution >= 4 is 5.57 Å². The Bertz CT molecular complexity index is 535. The zero-order chi connectivity index (χ0) is 15.3. The van der Waals surface area contributed by atoms with Crippen molar-refractivity contribution in [2.45, 2.75) is 46.7 Å². The van der Waals surface area contributed by atoms with Gasteiger partial charge >= 0.3 is 0 Å². The van der Waals surface area contributed by atoms with E-state index in [0.717, 1.165) is 16.7 Å². The van der Waals surface area contributed by atoms with Crippen LogP contribution in [0.15, 0.2) is 54.1 Å². The Hall–Kier alpha value is -1.63. The smallest absolute Gasteiger partial charge is 0.109 e. The summed E-state index contributed by atoms with van der Waals surface area (Å²) in [5.41, 5.74) is 4.35. The van der Waals surface area contributed by atoms with Gasteiger partial charge < -0.3 is 0 Å². The summed E-state index contributed by atoms with van der Waals surface area (Å²) in [6, 6.07) is 7.96. The highest BCUT2D eigenvalue weighted by Gasteiger charge is 2.16. The maximum absolute atomic E-state index is 13.7.